The standard InChI is InChI=1S/C20H21NO2S2/c1-4-21(5-2)20(22)23-18-13-9-10-16(19(18)24-3)14-15-25-17-11-7-6-8-12-17/h6-13H,4-5H2,1-3H3. The average Bonchev–Trinajstić information content (AvgIpc) is 2.64. The summed E-state index contributed by atoms with van der Waals surface area (Å²) >= 11 is 3.01. The van der Waals surface area contributed by atoms with E-state index in [1.54, 1.807) is 4.90 Å². The maximum Gasteiger partial charge on any atom is 0.415 e. The zero-order chi connectivity index (χ0) is 18.1. The fourth-order valence-electron chi connectivity index (χ4n) is 2.17. The zero-order valence-corrected chi connectivity index (χ0v) is 16.2. The van der Waals surface area contributed by atoms with Gasteiger partial charge >= 0.3 is 6.09 Å². The molecule has 0 atom stereocenters. The summed E-state index contributed by atoms with van der Waals surface area (Å²) in [6, 6.07) is 15.6. The van der Waals surface area contributed by atoms with Crippen molar-refractivity contribution in [3.63, 3.8) is 0 Å². The maximum atomic E-state index is 12.2. The molecular weight excluding hydrogens is 350 g/mol. The lowest BCUT2D eigenvalue weighted by Crippen LogP contribution is -2.33. The number of ether oxygens (including phenoxy) is 1. The fraction of sp³-hybridized carbons (Fsp3) is 0.250. The predicted octanol–water partition coefficient (Wildman–Crippen LogP) is 5.35. The van der Waals surface area contributed by atoms with Gasteiger partial charge in [-0.2, -0.15) is 0 Å². The Bertz CT molecular complexity index is 762. The molecule has 25 heavy (non-hydrogen) atoms. The molecule has 2 aromatic carbocycles. The van der Waals surface area contributed by atoms with Crippen molar-refractivity contribution in [3.05, 3.63) is 54.1 Å². The number of nitrogens with zero attached hydrogens (tertiary/aromatic N) is 1. The number of thioether (sulfide) groups is 2. The van der Waals surface area contributed by atoms with Crippen LogP contribution >= 0.6 is 23.5 Å². The van der Waals surface area contributed by atoms with E-state index < -0.39 is 0 Å². The fourth-order valence-corrected chi connectivity index (χ4v) is 3.40. The number of carbonyl (C=O) groups excluding carboxylic acids is 1. The van der Waals surface area contributed by atoms with Crippen LogP contribution in [0.4, 0.5) is 4.79 Å². The molecule has 0 fully saturated rings. The van der Waals surface area contributed by atoms with Gasteiger partial charge in [0.05, 0.1) is 4.90 Å². The highest BCUT2D eigenvalue weighted by atomic mass is 32.2. The average molecular weight is 372 g/mol. The van der Waals surface area contributed by atoms with Crippen LogP contribution in [0.5, 0.6) is 5.75 Å². The number of carbonyl (C=O) groups is 1. The summed E-state index contributed by atoms with van der Waals surface area (Å²) in [6.45, 7) is 5.11. The Hall–Kier alpha value is -2.03. The molecule has 0 aliphatic rings. The predicted molar refractivity (Wildman–Crippen MR) is 106 cm³/mol. The van der Waals surface area contributed by atoms with Gasteiger partial charge in [0.2, 0.25) is 0 Å². The Labute approximate surface area is 158 Å². The number of benzene rings is 2. The van der Waals surface area contributed by atoms with Gasteiger partial charge in [-0.1, -0.05) is 30.2 Å². The van der Waals surface area contributed by atoms with Crippen LogP contribution in [0.25, 0.3) is 0 Å². The minimum atomic E-state index is -0.330. The van der Waals surface area contributed by atoms with Gasteiger partial charge in [0.25, 0.3) is 0 Å². The molecule has 0 unspecified atom stereocenters. The third-order valence-corrected chi connectivity index (χ3v) is 5.04. The molecule has 2 rings (SSSR count). The maximum absolute atomic E-state index is 12.2. The molecule has 0 aromatic heterocycles. The van der Waals surface area contributed by atoms with Crippen LogP contribution < -0.4 is 4.74 Å². The van der Waals surface area contributed by atoms with Crippen LogP contribution in [0.1, 0.15) is 19.4 Å². The lowest BCUT2D eigenvalue weighted by atomic mass is 10.2. The summed E-state index contributed by atoms with van der Waals surface area (Å²) in [6.07, 6.45) is 1.63. The van der Waals surface area contributed by atoms with Crippen molar-refractivity contribution < 1.29 is 9.53 Å². The van der Waals surface area contributed by atoms with Crippen molar-refractivity contribution in [3.8, 4) is 16.9 Å². The van der Waals surface area contributed by atoms with Crippen molar-refractivity contribution in [2.75, 3.05) is 19.3 Å². The molecule has 0 N–H and O–H groups in total. The van der Waals surface area contributed by atoms with Crippen molar-refractivity contribution in [2.45, 2.75) is 23.6 Å². The normalized spacial score (nSPS) is 9.88. The third kappa shape index (κ3) is 5.48. The molecule has 3 nitrogen and oxygen atoms in total. The van der Waals surface area contributed by atoms with E-state index in [1.165, 1.54) is 23.5 Å². The van der Waals surface area contributed by atoms with E-state index in [9.17, 15) is 4.79 Å². The SMILES string of the molecule is CCN(CC)C(=O)Oc1cccc(C#CSc2ccccc2)c1SC. The number of rotatable bonds is 5. The van der Waals surface area contributed by atoms with E-state index in [4.69, 9.17) is 4.74 Å². The quantitative estimate of drug-likeness (QED) is 0.523. The first kappa shape index (κ1) is 19.3. The number of hydrogen-bond acceptors (Lipinski definition) is 4. The lowest BCUT2D eigenvalue weighted by molar-refractivity contribution is 0.156. The first-order chi connectivity index (χ1) is 12.2. The molecule has 0 bridgehead atoms. The Kier molecular flexibility index (Phi) is 7.77. The first-order valence-electron chi connectivity index (χ1n) is 8.06. The van der Waals surface area contributed by atoms with Crippen molar-refractivity contribution in [1.29, 1.82) is 0 Å². The molecular formula is C20H21NO2S2. The number of amides is 1. The van der Waals surface area contributed by atoms with Crippen LogP contribution in [0, 0.1) is 11.2 Å². The lowest BCUT2D eigenvalue weighted by Gasteiger charge is -2.19. The minimum Gasteiger partial charge on any atom is -0.409 e. The van der Waals surface area contributed by atoms with Gasteiger partial charge in [-0.15, -0.1) is 11.8 Å². The molecule has 2 aromatic rings. The largest absolute Gasteiger partial charge is 0.415 e. The summed E-state index contributed by atoms with van der Waals surface area (Å²) in [4.78, 5) is 15.8. The van der Waals surface area contributed by atoms with Gasteiger partial charge < -0.3 is 9.64 Å². The first-order valence-corrected chi connectivity index (χ1v) is 10.1. The summed E-state index contributed by atoms with van der Waals surface area (Å²) in [5.41, 5.74) is 0.862. The highest BCUT2D eigenvalue weighted by Gasteiger charge is 2.15. The van der Waals surface area contributed by atoms with Crippen LogP contribution in [0.2, 0.25) is 0 Å². The number of hydrogen-bond donors (Lipinski definition) is 0. The van der Waals surface area contributed by atoms with E-state index in [-0.39, 0.29) is 6.09 Å². The Morgan fingerprint density at radius 3 is 2.44 bits per heavy atom. The van der Waals surface area contributed by atoms with Gasteiger partial charge in [-0.05, 0) is 61.4 Å². The molecule has 0 aliphatic heterocycles. The van der Waals surface area contributed by atoms with Gasteiger partial charge in [0, 0.05) is 23.5 Å². The van der Waals surface area contributed by atoms with Gasteiger partial charge in [-0.3, -0.25) is 0 Å². The molecule has 0 saturated heterocycles. The van der Waals surface area contributed by atoms with Gasteiger partial charge in [-0.25, -0.2) is 4.79 Å². The molecule has 0 saturated carbocycles. The summed E-state index contributed by atoms with van der Waals surface area (Å²) in [7, 11) is 0. The van der Waals surface area contributed by atoms with E-state index in [0.717, 1.165) is 15.4 Å². The molecule has 0 spiro atoms. The van der Waals surface area contributed by atoms with Crippen molar-refractivity contribution >= 4 is 29.6 Å². The molecule has 0 heterocycles. The van der Waals surface area contributed by atoms with Crippen molar-refractivity contribution in [2.24, 2.45) is 0 Å². The molecule has 5 heteroatoms. The molecule has 0 radical (unpaired) electrons. The molecule has 0 aliphatic carbocycles. The van der Waals surface area contributed by atoms with Crippen LogP contribution in [0.15, 0.2) is 58.3 Å². The van der Waals surface area contributed by atoms with E-state index in [2.05, 4.69) is 11.2 Å². The second-order valence-corrected chi connectivity index (χ2v) is 6.72. The highest BCUT2D eigenvalue weighted by molar-refractivity contribution is 8.04. The Morgan fingerprint density at radius 1 is 1.08 bits per heavy atom. The monoisotopic (exact) mass is 371 g/mol. The smallest absolute Gasteiger partial charge is 0.409 e. The van der Waals surface area contributed by atoms with Gasteiger partial charge in [0.1, 0.15) is 5.75 Å². The van der Waals surface area contributed by atoms with Crippen LogP contribution in [-0.2, 0) is 0 Å². The highest BCUT2D eigenvalue weighted by Crippen LogP contribution is 2.31. The Morgan fingerprint density at radius 2 is 1.80 bits per heavy atom. The molecule has 1 amide bonds. The minimum absolute atomic E-state index is 0.330. The van der Waals surface area contributed by atoms with E-state index >= 15 is 0 Å². The second kappa shape index (κ2) is 10.1. The summed E-state index contributed by atoms with van der Waals surface area (Å²) in [5, 5.41) is 3.12. The summed E-state index contributed by atoms with van der Waals surface area (Å²) < 4.78 is 5.58. The van der Waals surface area contributed by atoms with Crippen molar-refractivity contribution in [1.82, 2.24) is 4.90 Å². The van der Waals surface area contributed by atoms with E-state index in [1.807, 2.05) is 68.6 Å². The topological polar surface area (TPSA) is 29.5 Å². The van der Waals surface area contributed by atoms with Gasteiger partial charge in [0.15, 0.2) is 0 Å². The van der Waals surface area contributed by atoms with Crippen LogP contribution in [0.3, 0.4) is 0 Å². The summed E-state index contributed by atoms with van der Waals surface area (Å²) in [5.74, 6) is 3.73. The third-order valence-electron chi connectivity index (χ3n) is 3.50. The Balaban J connectivity index is 2.19. The van der Waals surface area contributed by atoms with Crippen LogP contribution in [-0.4, -0.2) is 30.3 Å². The second-order valence-electron chi connectivity index (χ2n) is 5.02. The van der Waals surface area contributed by atoms with E-state index in [0.29, 0.717) is 18.8 Å². The zero-order valence-electron chi connectivity index (χ0n) is 14.6. The molecule has 130 valence electrons.